The van der Waals surface area contributed by atoms with Gasteiger partial charge in [0.1, 0.15) is 5.75 Å². The molecule has 0 saturated carbocycles. The second-order valence-corrected chi connectivity index (χ2v) is 5.25. The van der Waals surface area contributed by atoms with Crippen molar-refractivity contribution in [2.45, 2.75) is 20.8 Å². The van der Waals surface area contributed by atoms with Gasteiger partial charge in [0, 0.05) is 18.0 Å². The summed E-state index contributed by atoms with van der Waals surface area (Å²) in [6.07, 6.45) is 0. The maximum Gasteiger partial charge on any atom is 0.251 e. The molecule has 2 N–H and O–H groups in total. The molecule has 1 aromatic carbocycles. The predicted molar refractivity (Wildman–Crippen MR) is 69.7 cm³/mol. The number of amides is 1. The standard InChI is InChI=1S/C13H18ClNO2/c1-9-6-10(16)4-5-11(9)12(17)15-8-13(2,3)7-14/h4-6,16H,7-8H2,1-3H3,(H,15,17). The molecule has 0 atom stereocenters. The molecule has 0 aliphatic carbocycles. The maximum atomic E-state index is 11.9. The van der Waals surface area contributed by atoms with E-state index >= 15 is 0 Å². The Kier molecular flexibility index (Phi) is 4.40. The summed E-state index contributed by atoms with van der Waals surface area (Å²) in [5.41, 5.74) is 1.21. The van der Waals surface area contributed by atoms with E-state index in [0.717, 1.165) is 5.56 Å². The number of phenolic OH excluding ortho intramolecular Hbond substituents is 1. The van der Waals surface area contributed by atoms with E-state index < -0.39 is 0 Å². The Bertz CT molecular complexity index is 416. The Hall–Kier alpha value is -1.22. The van der Waals surface area contributed by atoms with Gasteiger partial charge >= 0.3 is 0 Å². The monoisotopic (exact) mass is 255 g/mol. The van der Waals surface area contributed by atoms with Crippen LogP contribution in [-0.4, -0.2) is 23.4 Å². The van der Waals surface area contributed by atoms with Crippen molar-refractivity contribution in [3.8, 4) is 5.75 Å². The Morgan fingerprint density at radius 2 is 2.12 bits per heavy atom. The molecule has 4 heteroatoms. The topological polar surface area (TPSA) is 49.3 Å². The van der Waals surface area contributed by atoms with Crippen molar-refractivity contribution in [1.29, 1.82) is 0 Å². The van der Waals surface area contributed by atoms with Crippen LogP contribution in [0.5, 0.6) is 5.75 Å². The lowest BCUT2D eigenvalue weighted by molar-refractivity contribution is 0.0939. The van der Waals surface area contributed by atoms with Crippen LogP contribution >= 0.6 is 11.6 Å². The largest absolute Gasteiger partial charge is 0.508 e. The van der Waals surface area contributed by atoms with Gasteiger partial charge in [0.25, 0.3) is 5.91 Å². The summed E-state index contributed by atoms with van der Waals surface area (Å²) in [5.74, 6) is 0.516. The number of rotatable bonds is 4. The van der Waals surface area contributed by atoms with E-state index in [4.69, 9.17) is 11.6 Å². The first-order valence-electron chi connectivity index (χ1n) is 5.49. The van der Waals surface area contributed by atoms with Gasteiger partial charge in [0.15, 0.2) is 0 Å². The van der Waals surface area contributed by atoms with Crippen molar-refractivity contribution in [2.75, 3.05) is 12.4 Å². The summed E-state index contributed by atoms with van der Waals surface area (Å²) in [4.78, 5) is 11.9. The Morgan fingerprint density at radius 3 is 2.65 bits per heavy atom. The average Bonchev–Trinajstić information content (AvgIpc) is 2.26. The fraction of sp³-hybridized carbons (Fsp3) is 0.462. The van der Waals surface area contributed by atoms with Gasteiger partial charge < -0.3 is 10.4 Å². The van der Waals surface area contributed by atoms with E-state index in [1.165, 1.54) is 6.07 Å². The number of aryl methyl sites for hydroxylation is 1. The van der Waals surface area contributed by atoms with Crippen molar-refractivity contribution in [3.63, 3.8) is 0 Å². The fourth-order valence-electron chi connectivity index (χ4n) is 1.36. The normalized spacial score (nSPS) is 11.3. The van der Waals surface area contributed by atoms with Crippen LogP contribution in [0.2, 0.25) is 0 Å². The fourth-order valence-corrected chi connectivity index (χ4v) is 1.46. The quantitative estimate of drug-likeness (QED) is 0.813. The second kappa shape index (κ2) is 5.41. The molecule has 17 heavy (non-hydrogen) atoms. The van der Waals surface area contributed by atoms with Crippen LogP contribution in [0, 0.1) is 12.3 Å². The van der Waals surface area contributed by atoms with E-state index in [-0.39, 0.29) is 17.1 Å². The predicted octanol–water partition coefficient (Wildman–Crippen LogP) is 2.70. The van der Waals surface area contributed by atoms with Crippen LogP contribution < -0.4 is 5.32 Å². The van der Waals surface area contributed by atoms with Crippen molar-refractivity contribution < 1.29 is 9.90 Å². The zero-order valence-corrected chi connectivity index (χ0v) is 11.1. The summed E-state index contributed by atoms with van der Waals surface area (Å²) >= 11 is 5.79. The third-order valence-corrected chi connectivity index (χ3v) is 3.27. The SMILES string of the molecule is Cc1cc(O)ccc1C(=O)NCC(C)(C)CCl. The van der Waals surface area contributed by atoms with E-state index in [2.05, 4.69) is 5.32 Å². The number of carbonyl (C=O) groups excluding carboxylic acids is 1. The summed E-state index contributed by atoms with van der Waals surface area (Å²) in [7, 11) is 0. The number of hydrogen-bond donors (Lipinski definition) is 2. The van der Waals surface area contributed by atoms with Gasteiger partial charge in [0.05, 0.1) is 0 Å². The van der Waals surface area contributed by atoms with E-state index in [9.17, 15) is 9.90 Å². The highest BCUT2D eigenvalue weighted by Crippen LogP contribution is 2.17. The molecule has 0 fully saturated rings. The van der Waals surface area contributed by atoms with Crippen molar-refractivity contribution >= 4 is 17.5 Å². The summed E-state index contributed by atoms with van der Waals surface area (Å²) < 4.78 is 0. The van der Waals surface area contributed by atoms with E-state index in [0.29, 0.717) is 18.0 Å². The number of halogens is 1. The first kappa shape index (κ1) is 13.8. The van der Waals surface area contributed by atoms with E-state index in [1.54, 1.807) is 19.1 Å². The molecule has 0 aliphatic rings. The summed E-state index contributed by atoms with van der Waals surface area (Å²) in [6, 6.07) is 4.70. The van der Waals surface area contributed by atoms with Gasteiger partial charge in [0.2, 0.25) is 0 Å². The smallest absolute Gasteiger partial charge is 0.251 e. The lowest BCUT2D eigenvalue weighted by atomic mass is 9.96. The molecular formula is C13H18ClNO2. The highest BCUT2D eigenvalue weighted by atomic mass is 35.5. The van der Waals surface area contributed by atoms with Crippen LogP contribution in [0.15, 0.2) is 18.2 Å². The van der Waals surface area contributed by atoms with Crippen molar-refractivity contribution in [2.24, 2.45) is 5.41 Å². The lowest BCUT2D eigenvalue weighted by Gasteiger charge is -2.21. The number of carbonyl (C=O) groups is 1. The third kappa shape index (κ3) is 3.93. The van der Waals surface area contributed by atoms with E-state index in [1.807, 2.05) is 13.8 Å². The van der Waals surface area contributed by atoms with Crippen LogP contribution in [0.4, 0.5) is 0 Å². The molecule has 0 heterocycles. The first-order chi connectivity index (χ1) is 7.85. The summed E-state index contributed by atoms with van der Waals surface area (Å²) in [5, 5.41) is 12.1. The minimum Gasteiger partial charge on any atom is -0.508 e. The molecule has 0 radical (unpaired) electrons. The number of aromatic hydroxyl groups is 1. The molecule has 1 rings (SSSR count). The van der Waals surface area contributed by atoms with Crippen LogP contribution in [-0.2, 0) is 0 Å². The molecule has 3 nitrogen and oxygen atoms in total. The van der Waals surface area contributed by atoms with Gasteiger partial charge in [-0.25, -0.2) is 0 Å². The molecule has 0 aromatic heterocycles. The summed E-state index contributed by atoms with van der Waals surface area (Å²) in [6.45, 7) is 6.30. The highest BCUT2D eigenvalue weighted by Gasteiger charge is 2.18. The van der Waals surface area contributed by atoms with Gasteiger partial charge in [-0.3, -0.25) is 4.79 Å². The van der Waals surface area contributed by atoms with Gasteiger partial charge in [-0.2, -0.15) is 0 Å². The molecule has 1 amide bonds. The molecule has 0 saturated heterocycles. The van der Waals surface area contributed by atoms with Crippen molar-refractivity contribution in [3.05, 3.63) is 29.3 Å². The molecule has 0 unspecified atom stereocenters. The van der Waals surface area contributed by atoms with Crippen LogP contribution in [0.25, 0.3) is 0 Å². The van der Waals surface area contributed by atoms with Crippen LogP contribution in [0.1, 0.15) is 29.8 Å². The third-order valence-electron chi connectivity index (χ3n) is 2.54. The lowest BCUT2D eigenvalue weighted by Crippen LogP contribution is -2.35. The number of benzene rings is 1. The molecular weight excluding hydrogens is 238 g/mol. The van der Waals surface area contributed by atoms with Gasteiger partial charge in [-0.15, -0.1) is 11.6 Å². The Morgan fingerprint density at radius 1 is 1.47 bits per heavy atom. The van der Waals surface area contributed by atoms with Crippen LogP contribution in [0.3, 0.4) is 0 Å². The zero-order chi connectivity index (χ0) is 13.1. The minimum atomic E-state index is -0.138. The maximum absolute atomic E-state index is 11.9. The molecule has 0 aliphatic heterocycles. The number of phenols is 1. The molecule has 94 valence electrons. The molecule has 1 aromatic rings. The highest BCUT2D eigenvalue weighted by molar-refractivity contribution is 6.18. The average molecular weight is 256 g/mol. The van der Waals surface area contributed by atoms with Gasteiger partial charge in [-0.05, 0) is 36.1 Å². The Balaban J connectivity index is 2.71. The van der Waals surface area contributed by atoms with Crippen molar-refractivity contribution in [1.82, 2.24) is 5.32 Å². The first-order valence-corrected chi connectivity index (χ1v) is 6.03. The minimum absolute atomic E-state index is 0.123. The second-order valence-electron chi connectivity index (χ2n) is 4.98. The number of nitrogens with one attached hydrogen (secondary N) is 1. The molecule has 0 spiro atoms. The Labute approximate surface area is 107 Å². The van der Waals surface area contributed by atoms with Gasteiger partial charge in [-0.1, -0.05) is 13.8 Å². The molecule has 0 bridgehead atoms. The number of alkyl halides is 1. The number of hydrogen-bond acceptors (Lipinski definition) is 2. The zero-order valence-electron chi connectivity index (χ0n) is 10.4.